The maximum absolute atomic E-state index is 11.5. The summed E-state index contributed by atoms with van der Waals surface area (Å²) in [5, 5.41) is 9.59. The molecule has 3 heteroatoms. The molecule has 86 valence electrons. The molecule has 2 aromatic rings. The minimum Gasteiger partial charge on any atom is -0.502 e. The number of rotatable bonds is 2. The van der Waals surface area contributed by atoms with Gasteiger partial charge >= 0.3 is 0 Å². The highest BCUT2D eigenvalue weighted by molar-refractivity contribution is 5.65. The minimum atomic E-state index is -0.455. The van der Waals surface area contributed by atoms with Crippen molar-refractivity contribution in [2.45, 2.75) is 0 Å². The zero-order valence-corrected chi connectivity index (χ0v) is 9.38. The van der Waals surface area contributed by atoms with Gasteiger partial charge in [0.1, 0.15) is 0 Å². The van der Waals surface area contributed by atoms with E-state index in [-0.39, 0.29) is 11.5 Å². The van der Waals surface area contributed by atoms with Crippen LogP contribution >= 0.6 is 0 Å². The maximum atomic E-state index is 11.5. The van der Waals surface area contributed by atoms with Crippen molar-refractivity contribution in [1.29, 1.82) is 0 Å². The van der Waals surface area contributed by atoms with Crippen molar-refractivity contribution >= 4 is 0 Å². The van der Waals surface area contributed by atoms with Crippen LogP contribution in [0.4, 0.5) is 0 Å². The van der Waals surface area contributed by atoms with Gasteiger partial charge in [-0.2, -0.15) is 0 Å². The highest BCUT2D eigenvalue weighted by atomic mass is 16.5. The monoisotopic (exact) mass is 228 g/mol. The first-order valence-corrected chi connectivity index (χ1v) is 5.19. The lowest BCUT2D eigenvalue weighted by Gasteiger charge is -2.00. The summed E-state index contributed by atoms with van der Waals surface area (Å²) in [6.07, 6.45) is 0. The fourth-order valence-corrected chi connectivity index (χ4v) is 1.59. The van der Waals surface area contributed by atoms with Crippen molar-refractivity contribution in [3.05, 3.63) is 58.8 Å². The molecule has 0 saturated carbocycles. The summed E-state index contributed by atoms with van der Waals surface area (Å²) in [5.41, 5.74) is 1.32. The second-order valence-corrected chi connectivity index (χ2v) is 3.58. The van der Waals surface area contributed by atoms with Gasteiger partial charge in [0.2, 0.25) is 11.2 Å². The van der Waals surface area contributed by atoms with E-state index in [9.17, 15) is 9.90 Å². The molecule has 0 aromatic heterocycles. The van der Waals surface area contributed by atoms with Gasteiger partial charge < -0.3 is 9.84 Å². The molecule has 0 aliphatic rings. The Balaban J connectivity index is 2.66. The predicted octanol–water partition coefficient (Wildman–Crippen LogP) is 2.43. The first-order chi connectivity index (χ1) is 8.22. The fourth-order valence-electron chi connectivity index (χ4n) is 1.59. The largest absolute Gasteiger partial charge is 0.502 e. The third-order valence-corrected chi connectivity index (χ3v) is 2.49. The molecule has 0 spiro atoms. The maximum Gasteiger partial charge on any atom is 0.224 e. The van der Waals surface area contributed by atoms with Crippen molar-refractivity contribution < 1.29 is 9.84 Å². The molecule has 2 rings (SSSR count). The van der Waals surface area contributed by atoms with E-state index in [0.29, 0.717) is 0 Å². The van der Waals surface area contributed by atoms with E-state index in [4.69, 9.17) is 4.74 Å². The van der Waals surface area contributed by atoms with Crippen LogP contribution in [0.1, 0.15) is 0 Å². The number of hydrogen-bond acceptors (Lipinski definition) is 3. The van der Waals surface area contributed by atoms with E-state index in [1.807, 2.05) is 30.3 Å². The molecule has 0 heterocycles. The van der Waals surface area contributed by atoms with Gasteiger partial charge in [0.05, 0.1) is 7.11 Å². The summed E-state index contributed by atoms with van der Waals surface area (Å²) in [5.74, 6) is -0.187. The van der Waals surface area contributed by atoms with Crippen molar-refractivity contribution in [2.24, 2.45) is 0 Å². The first kappa shape index (κ1) is 11.2. The molecule has 0 aliphatic heterocycles. The summed E-state index contributed by atoms with van der Waals surface area (Å²) < 4.78 is 5.00. The zero-order chi connectivity index (χ0) is 12.3. The minimum absolute atomic E-state index is 0.179. The average molecular weight is 228 g/mol. The third kappa shape index (κ3) is 2.28. The third-order valence-electron chi connectivity index (χ3n) is 2.49. The molecule has 17 heavy (non-hydrogen) atoms. The summed E-state index contributed by atoms with van der Waals surface area (Å²) in [4.78, 5) is 11.5. The van der Waals surface area contributed by atoms with Gasteiger partial charge in [-0.1, -0.05) is 36.4 Å². The van der Waals surface area contributed by atoms with Gasteiger partial charge in [0.25, 0.3) is 0 Å². The van der Waals surface area contributed by atoms with Crippen molar-refractivity contribution in [2.75, 3.05) is 7.11 Å². The van der Waals surface area contributed by atoms with Crippen LogP contribution in [0, 0.1) is 0 Å². The molecule has 0 amide bonds. The lowest BCUT2D eigenvalue weighted by atomic mass is 10.1. The molecular formula is C14H12O3. The van der Waals surface area contributed by atoms with Gasteiger partial charge in [0, 0.05) is 0 Å². The Morgan fingerprint density at radius 1 is 1.00 bits per heavy atom. The molecule has 0 aliphatic carbocycles. The van der Waals surface area contributed by atoms with Crippen LogP contribution in [0.15, 0.2) is 53.3 Å². The van der Waals surface area contributed by atoms with Crippen LogP contribution in [0.3, 0.4) is 0 Å². The van der Waals surface area contributed by atoms with Gasteiger partial charge in [-0.25, -0.2) is 0 Å². The average Bonchev–Trinajstić information content (AvgIpc) is 2.52. The van der Waals surface area contributed by atoms with E-state index in [2.05, 4.69) is 0 Å². The van der Waals surface area contributed by atoms with E-state index in [0.717, 1.165) is 11.1 Å². The molecule has 0 bridgehead atoms. The van der Waals surface area contributed by atoms with Gasteiger partial charge in [-0.05, 0) is 23.3 Å². The van der Waals surface area contributed by atoms with E-state index >= 15 is 0 Å². The van der Waals surface area contributed by atoms with Gasteiger partial charge in [0.15, 0.2) is 5.75 Å². The van der Waals surface area contributed by atoms with Crippen LogP contribution < -0.4 is 10.2 Å². The summed E-state index contributed by atoms with van der Waals surface area (Å²) in [6, 6.07) is 14.2. The molecule has 2 aromatic carbocycles. The van der Waals surface area contributed by atoms with E-state index in [1.165, 1.54) is 13.2 Å². The van der Waals surface area contributed by atoms with E-state index < -0.39 is 5.43 Å². The second kappa shape index (κ2) is 4.70. The second-order valence-electron chi connectivity index (χ2n) is 3.58. The highest BCUT2D eigenvalue weighted by Crippen LogP contribution is 2.26. The lowest BCUT2D eigenvalue weighted by Crippen LogP contribution is -1.94. The molecular weight excluding hydrogens is 216 g/mol. The smallest absolute Gasteiger partial charge is 0.224 e. The van der Waals surface area contributed by atoms with Crippen LogP contribution in [0.2, 0.25) is 0 Å². The number of benzene rings is 1. The normalized spacial score (nSPS) is 9.94. The Bertz CT molecular complexity index is 577. The molecule has 1 N–H and O–H groups in total. The first-order valence-electron chi connectivity index (χ1n) is 5.19. The Hall–Kier alpha value is -2.29. The predicted molar refractivity (Wildman–Crippen MR) is 66.4 cm³/mol. The Morgan fingerprint density at radius 2 is 1.71 bits per heavy atom. The molecule has 0 unspecified atom stereocenters. The number of aromatic hydroxyl groups is 1. The van der Waals surface area contributed by atoms with Crippen LogP contribution in [0.25, 0.3) is 11.1 Å². The zero-order valence-electron chi connectivity index (χ0n) is 9.38. The Labute approximate surface area is 98.9 Å². The van der Waals surface area contributed by atoms with E-state index in [1.54, 1.807) is 12.1 Å². The fraction of sp³-hybridized carbons (Fsp3) is 0.0714. The topological polar surface area (TPSA) is 46.5 Å². The molecule has 0 radical (unpaired) electrons. The van der Waals surface area contributed by atoms with Crippen LogP contribution in [0.5, 0.6) is 11.5 Å². The highest BCUT2D eigenvalue weighted by Gasteiger charge is 2.05. The number of ether oxygens (including phenoxy) is 1. The summed E-state index contributed by atoms with van der Waals surface area (Å²) in [6.45, 7) is 0. The SMILES string of the molecule is COc1cc(-c2ccccc2)ccc(=O)c1O. The van der Waals surface area contributed by atoms with Crippen molar-refractivity contribution in [3.63, 3.8) is 0 Å². The Kier molecular flexibility index (Phi) is 3.10. The summed E-state index contributed by atoms with van der Waals surface area (Å²) in [7, 11) is 1.42. The van der Waals surface area contributed by atoms with Crippen LogP contribution in [-0.2, 0) is 0 Å². The quantitative estimate of drug-likeness (QED) is 0.858. The number of methoxy groups -OCH3 is 1. The number of hydrogen-bond donors (Lipinski definition) is 1. The summed E-state index contributed by atoms with van der Waals surface area (Å²) >= 11 is 0. The van der Waals surface area contributed by atoms with Crippen LogP contribution in [-0.4, -0.2) is 12.2 Å². The molecule has 3 nitrogen and oxygen atoms in total. The molecule has 0 saturated heterocycles. The Morgan fingerprint density at radius 3 is 2.35 bits per heavy atom. The standard InChI is InChI=1S/C14H12O3/c1-17-13-9-11(7-8-12(15)14(13)16)10-5-3-2-4-6-10/h2-9H,1H3,(H,15,16). The van der Waals surface area contributed by atoms with Crippen molar-refractivity contribution in [1.82, 2.24) is 0 Å². The molecule has 0 atom stereocenters. The molecule has 0 fully saturated rings. The van der Waals surface area contributed by atoms with Gasteiger partial charge in [-0.15, -0.1) is 0 Å². The lowest BCUT2D eigenvalue weighted by molar-refractivity contribution is 0.372. The van der Waals surface area contributed by atoms with Gasteiger partial charge in [-0.3, -0.25) is 4.79 Å². The van der Waals surface area contributed by atoms with Crippen molar-refractivity contribution in [3.8, 4) is 22.6 Å².